The highest BCUT2D eigenvalue weighted by molar-refractivity contribution is 5.95. The summed E-state index contributed by atoms with van der Waals surface area (Å²) in [5, 5.41) is 12.2. The van der Waals surface area contributed by atoms with Gasteiger partial charge in [0.1, 0.15) is 5.82 Å². The van der Waals surface area contributed by atoms with Crippen LogP contribution in [0.25, 0.3) is 21.9 Å². The highest BCUT2D eigenvalue weighted by Crippen LogP contribution is 2.27. The van der Waals surface area contributed by atoms with Crippen molar-refractivity contribution in [3.05, 3.63) is 42.9 Å². The van der Waals surface area contributed by atoms with E-state index in [9.17, 15) is 4.79 Å². The standard InChI is InChI=1S/C19H21N5O2/c1-2-18(25)24(19-12-20-5-6-26-19)17-8-15-7-13(16-10-22-23-11-16)3-4-14(15)9-21-17/h3-4,7-11,19-20H,2,5-6,12H2,1H3,(H,22,23). The zero-order valence-electron chi connectivity index (χ0n) is 14.6. The van der Waals surface area contributed by atoms with Crippen LogP contribution in [-0.2, 0) is 9.53 Å². The molecule has 1 aliphatic heterocycles. The van der Waals surface area contributed by atoms with Gasteiger partial charge in [-0.05, 0) is 23.1 Å². The van der Waals surface area contributed by atoms with Crippen molar-refractivity contribution in [1.29, 1.82) is 0 Å². The number of fused-ring (bicyclic) bond motifs is 1. The summed E-state index contributed by atoms with van der Waals surface area (Å²) in [6.45, 7) is 3.82. The first-order chi connectivity index (χ1) is 12.8. The lowest BCUT2D eigenvalue weighted by Crippen LogP contribution is -2.52. The number of aromatic nitrogens is 3. The number of nitrogens with zero attached hydrogens (tertiary/aromatic N) is 3. The van der Waals surface area contributed by atoms with Crippen LogP contribution >= 0.6 is 0 Å². The Morgan fingerprint density at radius 2 is 2.19 bits per heavy atom. The molecule has 1 amide bonds. The maximum absolute atomic E-state index is 12.6. The van der Waals surface area contributed by atoms with Crippen LogP contribution in [0.4, 0.5) is 5.82 Å². The first-order valence-corrected chi connectivity index (χ1v) is 8.79. The van der Waals surface area contributed by atoms with E-state index in [-0.39, 0.29) is 12.1 Å². The summed E-state index contributed by atoms with van der Waals surface area (Å²) in [4.78, 5) is 18.8. The number of nitrogens with one attached hydrogen (secondary N) is 2. The second-order valence-corrected chi connectivity index (χ2v) is 6.24. The van der Waals surface area contributed by atoms with E-state index in [1.165, 1.54) is 0 Å². The topological polar surface area (TPSA) is 83.1 Å². The molecule has 4 rings (SSSR count). The van der Waals surface area contributed by atoms with Gasteiger partial charge in [0.05, 0.1) is 12.8 Å². The monoisotopic (exact) mass is 351 g/mol. The summed E-state index contributed by atoms with van der Waals surface area (Å²) >= 11 is 0. The lowest BCUT2D eigenvalue weighted by atomic mass is 10.0. The lowest BCUT2D eigenvalue weighted by molar-refractivity contribution is -0.121. The van der Waals surface area contributed by atoms with Gasteiger partial charge in [-0.25, -0.2) is 4.98 Å². The lowest BCUT2D eigenvalue weighted by Gasteiger charge is -2.33. The van der Waals surface area contributed by atoms with Crippen molar-refractivity contribution in [1.82, 2.24) is 20.5 Å². The number of amides is 1. The summed E-state index contributed by atoms with van der Waals surface area (Å²) in [5.74, 6) is 0.610. The van der Waals surface area contributed by atoms with Crippen molar-refractivity contribution in [2.45, 2.75) is 19.6 Å². The van der Waals surface area contributed by atoms with Crippen LogP contribution in [-0.4, -0.2) is 47.0 Å². The minimum atomic E-state index is -0.335. The van der Waals surface area contributed by atoms with E-state index in [2.05, 4.69) is 26.6 Å². The number of carbonyl (C=O) groups excluding carboxylic acids is 1. The molecule has 1 saturated heterocycles. The van der Waals surface area contributed by atoms with Gasteiger partial charge < -0.3 is 10.1 Å². The largest absolute Gasteiger partial charge is 0.355 e. The minimum absolute atomic E-state index is 0.00320. The second kappa shape index (κ2) is 7.23. The molecule has 2 aromatic heterocycles. The number of benzene rings is 1. The molecule has 3 aromatic rings. The number of anilines is 1. The van der Waals surface area contributed by atoms with Gasteiger partial charge in [-0.15, -0.1) is 0 Å². The van der Waals surface area contributed by atoms with Gasteiger partial charge in [-0.1, -0.05) is 19.1 Å². The molecule has 1 aliphatic rings. The van der Waals surface area contributed by atoms with E-state index in [1.807, 2.05) is 31.3 Å². The first-order valence-electron chi connectivity index (χ1n) is 8.79. The summed E-state index contributed by atoms with van der Waals surface area (Å²) in [7, 11) is 0. The number of H-pyrrole nitrogens is 1. The number of carbonyl (C=O) groups is 1. The Labute approximate surface area is 151 Å². The Bertz CT molecular complexity index is 903. The van der Waals surface area contributed by atoms with Gasteiger partial charge in [0.2, 0.25) is 5.91 Å². The Kier molecular flexibility index (Phi) is 4.64. The Balaban J connectivity index is 1.74. The summed E-state index contributed by atoms with van der Waals surface area (Å²) < 4.78 is 5.80. The van der Waals surface area contributed by atoms with E-state index in [0.29, 0.717) is 25.4 Å². The third-order valence-electron chi connectivity index (χ3n) is 4.55. The zero-order chi connectivity index (χ0) is 17.9. The molecule has 1 unspecified atom stereocenters. The third kappa shape index (κ3) is 3.18. The summed E-state index contributed by atoms with van der Waals surface area (Å²) in [6, 6.07) is 8.10. The molecular formula is C19H21N5O2. The molecule has 7 heteroatoms. The fourth-order valence-electron chi connectivity index (χ4n) is 3.17. The van der Waals surface area contributed by atoms with Crippen molar-refractivity contribution in [2.24, 2.45) is 0 Å². The quantitative estimate of drug-likeness (QED) is 0.754. The van der Waals surface area contributed by atoms with Gasteiger partial charge in [-0.2, -0.15) is 5.10 Å². The Morgan fingerprint density at radius 3 is 2.92 bits per heavy atom. The van der Waals surface area contributed by atoms with Crippen LogP contribution in [0.5, 0.6) is 0 Å². The molecule has 3 heterocycles. The van der Waals surface area contributed by atoms with E-state index in [1.54, 1.807) is 17.3 Å². The highest BCUT2D eigenvalue weighted by atomic mass is 16.5. The zero-order valence-corrected chi connectivity index (χ0v) is 14.6. The summed E-state index contributed by atoms with van der Waals surface area (Å²) in [5.41, 5.74) is 2.08. The number of ether oxygens (including phenoxy) is 1. The number of aromatic amines is 1. The maximum Gasteiger partial charge on any atom is 0.230 e. The third-order valence-corrected chi connectivity index (χ3v) is 4.55. The van der Waals surface area contributed by atoms with Gasteiger partial charge in [0, 0.05) is 42.9 Å². The molecule has 0 bridgehead atoms. The smallest absolute Gasteiger partial charge is 0.230 e. The van der Waals surface area contributed by atoms with Crippen molar-refractivity contribution < 1.29 is 9.53 Å². The van der Waals surface area contributed by atoms with Gasteiger partial charge in [0.15, 0.2) is 6.23 Å². The number of hydrogen-bond acceptors (Lipinski definition) is 5. The van der Waals surface area contributed by atoms with Crippen LogP contribution < -0.4 is 10.2 Å². The van der Waals surface area contributed by atoms with Crippen LogP contribution in [0.3, 0.4) is 0 Å². The van der Waals surface area contributed by atoms with Gasteiger partial charge >= 0.3 is 0 Å². The van der Waals surface area contributed by atoms with E-state index in [0.717, 1.165) is 28.4 Å². The van der Waals surface area contributed by atoms with E-state index >= 15 is 0 Å². The van der Waals surface area contributed by atoms with Crippen LogP contribution in [0.1, 0.15) is 13.3 Å². The molecule has 7 nitrogen and oxygen atoms in total. The number of pyridine rings is 1. The molecule has 26 heavy (non-hydrogen) atoms. The molecule has 0 saturated carbocycles. The number of rotatable bonds is 4. The fourth-order valence-corrected chi connectivity index (χ4v) is 3.17. The molecule has 1 aromatic carbocycles. The highest BCUT2D eigenvalue weighted by Gasteiger charge is 2.27. The molecular weight excluding hydrogens is 330 g/mol. The SMILES string of the molecule is CCC(=O)N(c1cc2cc(-c3cn[nH]c3)ccc2cn1)C1CNCCO1. The van der Waals surface area contributed by atoms with Crippen molar-refractivity contribution in [3.8, 4) is 11.1 Å². The van der Waals surface area contributed by atoms with Crippen molar-refractivity contribution in [3.63, 3.8) is 0 Å². The first kappa shape index (κ1) is 16.7. The normalized spacial score (nSPS) is 17.3. The van der Waals surface area contributed by atoms with E-state index < -0.39 is 0 Å². The molecule has 1 fully saturated rings. The predicted octanol–water partition coefficient (Wildman–Crippen LogP) is 2.31. The second-order valence-electron chi connectivity index (χ2n) is 6.24. The van der Waals surface area contributed by atoms with Crippen LogP contribution in [0.15, 0.2) is 42.9 Å². The molecule has 0 radical (unpaired) electrons. The fraction of sp³-hybridized carbons (Fsp3) is 0.316. The summed E-state index contributed by atoms with van der Waals surface area (Å²) in [6.07, 6.45) is 5.51. The van der Waals surface area contributed by atoms with Crippen LogP contribution in [0.2, 0.25) is 0 Å². The molecule has 2 N–H and O–H groups in total. The minimum Gasteiger partial charge on any atom is -0.355 e. The maximum atomic E-state index is 12.6. The molecule has 0 aliphatic carbocycles. The molecule has 1 atom stereocenters. The average Bonchev–Trinajstić information content (AvgIpc) is 3.23. The van der Waals surface area contributed by atoms with Gasteiger partial charge in [0.25, 0.3) is 0 Å². The van der Waals surface area contributed by atoms with Crippen molar-refractivity contribution >= 4 is 22.5 Å². The van der Waals surface area contributed by atoms with Crippen LogP contribution in [0, 0.1) is 0 Å². The number of hydrogen-bond donors (Lipinski definition) is 2. The Hall–Kier alpha value is -2.77. The van der Waals surface area contributed by atoms with Crippen molar-refractivity contribution in [2.75, 3.05) is 24.6 Å². The molecule has 0 spiro atoms. The Morgan fingerprint density at radius 1 is 1.27 bits per heavy atom. The van der Waals surface area contributed by atoms with E-state index in [4.69, 9.17) is 4.74 Å². The predicted molar refractivity (Wildman–Crippen MR) is 99.7 cm³/mol. The van der Waals surface area contributed by atoms with Gasteiger partial charge in [-0.3, -0.25) is 14.8 Å². The molecule has 134 valence electrons. The average molecular weight is 351 g/mol. The number of morpholine rings is 1.